The molecule has 0 saturated heterocycles. The van der Waals surface area contributed by atoms with Crippen molar-refractivity contribution in [3.05, 3.63) is 29.6 Å². The Bertz CT molecular complexity index is 365. The van der Waals surface area contributed by atoms with Gasteiger partial charge in [0, 0.05) is 12.7 Å². The monoisotopic (exact) mass is 251 g/mol. The first-order valence-corrected chi connectivity index (χ1v) is 6.47. The van der Waals surface area contributed by atoms with Crippen molar-refractivity contribution in [1.82, 2.24) is 9.88 Å². The third kappa shape index (κ3) is 5.24. The van der Waals surface area contributed by atoms with Crippen molar-refractivity contribution >= 4 is 17.2 Å². The highest BCUT2D eigenvalue weighted by Crippen LogP contribution is 2.06. The average Bonchev–Trinajstić information content (AvgIpc) is 2.29. The molecule has 94 valence electrons. The van der Waals surface area contributed by atoms with E-state index in [1.165, 1.54) is 24.8 Å². The van der Waals surface area contributed by atoms with Gasteiger partial charge in [-0.2, -0.15) is 0 Å². The van der Waals surface area contributed by atoms with E-state index in [0.29, 0.717) is 10.7 Å². The summed E-state index contributed by atoms with van der Waals surface area (Å²) in [5.41, 5.74) is 7.48. The van der Waals surface area contributed by atoms with Crippen molar-refractivity contribution in [3.8, 4) is 0 Å². The van der Waals surface area contributed by atoms with Crippen molar-refractivity contribution in [3.63, 3.8) is 0 Å². The Morgan fingerprint density at radius 3 is 2.88 bits per heavy atom. The van der Waals surface area contributed by atoms with E-state index in [-0.39, 0.29) is 0 Å². The summed E-state index contributed by atoms with van der Waals surface area (Å²) in [5, 5.41) is 0. The van der Waals surface area contributed by atoms with E-state index in [2.05, 4.69) is 23.9 Å². The summed E-state index contributed by atoms with van der Waals surface area (Å²) >= 11 is 4.92. The molecule has 3 nitrogen and oxygen atoms in total. The summed E-state index contributed by atoms with van der Waals surface area (Å²) in [7, 11) is 2.14. The summed E-state index contributed by atoms with van der Waals surface area (Å²) in [6.07, 6.45) is 5.57. The molecule has 2 N–H and O–H groups in total. The van der Waals surface area contributed by atoms with Gasteiger partial charge in [0.2, 0.25) is 0 Å². The predicted octanol–water partition coefficient (Wildman–Crippen LogP) is 2.34. The van der Waals surface area contributed by atoms with Crippen LogP contribution in [0.4, 0.5) is 0 Å². The Kier molecular flexibility index (Phi) is 6.08. The second-order valence-corrected chi connectivity index (χ2v) is 4.80. The molecule has 0 bridgehead atoms. The third-order valence-corrected chi connectivity index (χ3v) is 2.88. The minimum Gasteiger partial charge on any atom is -0.388 e. The van der Waals surface area contributed by atoms with E-state index in [0.717, 1.165) is 13.1 Å². The Balaban J connectivity index is 2.50. The van der Waals surface area contributed by atoms with Gasteiger partial charge in [0.25, 0.3) is 0 Å². The lowest BCUT2D eigenvalue weighted by molar-refractivity contribution is 0.318. The van der Waals surface area contributed by atoms with Gasteiger partial charge in [0.15, 0.2) is 0 Å². The minimum atomic E-state index is 0.362. The zero-order valence-corrected chi connectivity index (χ0v) is 11.5. The summed E-state index contributed by atoms with van der Waals surface area (Å²) < 4.78 is 0. The molecule has 0 atom stereocenters. The number of thiocarbonyl (C=S) groups is 1. The molecule has 0 spiro atoms. The molecule has 1 aromatic rings. The number of pyridine rings is 1. The van der Waals surface area contributed by atoms with Crippen LogP contribution in [-0.2, 0) is 6.54 Å². The Hall–Kier alpha value is -1.00. The molecule has 1 aromatic heterocycles. The van der Waals surface area contributed by atoms with E-state index >= 15 is 0 Å². The first-order valence-electron chi connectivity index (χ1n) is 6.06. The highest BCUT2D eigenvalue weighted by molar-refractivity contribution is 7.80. The summed E-state index contributed by atoms with van der Waals surface area (Å²) in [4.78, 5) is 6.81. The van der Waals surface area contributed by atoms with Crippen LogP contribution in [0.25, 0.3) is 0 Å². The maximum Gasteiger partial charge on any atom is 0.122 e. The smallest absolute Gasteiger partial charge is 0.122 e. The zero-order chi connectivity index (χ0) is 12.7. The van der Waals surface area contributed by atoms with Crippen molar-refractivity contribution in [2.75, 3.05) is 13.6 Å². The number of hydrogen-bond acceptors (Lipinski definition) is 3. The van der Waals surface area contributed by atoms with Gasteiger partial charge >= 0.3 is 0 Å². The molecule has 0 fully saturated rings. The van der Waals surface area contributed by atoms with Crippen LogP contribution in [0, 0.1) is 0 Å². The van der Waals surface area contributed by atoms with Crippen LogP contribution in [0.3, 0.4) is 0 Å². The van der Waals surface area contributed by atoms with Crippen LogP contribution >= 0.6 is 12.2 Å². The van der Waals surface area contributed by atoms with E-state index in [1.54, 1.807) is 6.20 Å². The quantitative estimate of drug-likeness (QED) is 0.596. The van der Waals surface area contributed by atoms with Crippen LogP contribution in [0.5, 0.6) is 0 Å². The fourth-order valence-electron chi connectivity index (χ4n) is 1.73. The molecule has 1 rings (SSSR count). The number of nitrogens with zero attached hydrogens (tertiary/aromatic N) is 2. The maximum absolute atomic E-state index is 5.57. The standard InChI is InChI=1S/C13H21N3S/c1-3-4-5-8-16(2)10-11-6-7-15-12(9-11)13(14)17/h6-7,9H,3-5,8,10H2,1-2H3,(H2,14,17). The Morgan fingerprint density at radius 1 is 1.47 bits per heavy atom. The maximum atomic E-state index is 5.57. The SMILES string of the molecule is CCCCCN(C)Cc1ccnc(C(N)=S)c1. The summed E-state index contributed by atoms with van der Waals surface area (Å²) in [5.74, 6) is 0. The molecule has 1 heterocycles. The van der Waals surface area contributed by atoms with E-state index in [1.807, 2.05) is 12.1 Å². The fourth-order valence-corrected chi connectivity index (χ4v) is 1.84. The molecule has 0 aliphatic rings. The molecule has 0 aliphatic carbocycles. The number of aromatic nitrogens is 1. The lowest BCUT2D eigenvalue weighted by atomic mass is 10.2. The van der Waals surface area contributed by atoms with Crippen LogP contribution < -0.4 is 5.73 Å². The summed E-state index contributed by atoms with van der Waals surface area (Å²) in [6.45, 7) is 4.26. The first kappa shape index (κ1) is 14.1. The molecular formula is C13H21N3S. The minimum absolute atomic E-state index is 0.362. The van der Waals surface area contributed by atoms with Crippen LogP contribution in [-0.4, -0.2) is 28.5 Å². The molecule has 17 heavy (non-hydrogen) atoms. The van der Waals surface area contributed by atoms with Crippen molar-refractivity contribution in [2.24, 2.45) is 5.73 Å². The molecule has 0 unspecified atom stereocenters. The van der Waals surface area contributed by atoms with Gasteiger partial charge < -0.3 is 10.6 Å². The van der Waals surface area contributed by atoms with Gasteiger partial charge in [-0.05, 0) is 37.7 Å². The molecule has 0 aliphatic heterocycles. The lowest BCUT2D eigenvalue weighted by Gasteiger charge is -2.16. The van der Waals surface area contributed by atoms with E-state index in [4.69, 9.17) is 18.0 Å². The largest absolute Gasteiger partial charge is 0.388 e. The van der Waals surface area contributed by atoms with Gasteiger partial charge in [0.05, 0.1) is 5.69 Å². The number of unbranched alkanes of at least 4 members (excludes halogenated alkanes) is 2. The normalized spacial score (nSPS) is 10.8. The fraction of sp³-hybridized carbons (Fsp3) is 0.538. The number of nitrogens with two attached hydrogens (primary N) is 1. The highest BCUT2D eigenvalue weighted by Gasteiger charge is 2.03. The zero-order valence-electron chi connectivity index (χ0n) is 10.6. The molecule has 4 heteroatoms. The molecule has 0 aromatic carbocycles. The average molecular weight is 251 g/mol. The van der Waals surface area contributed by atoms with Crippen molar-refractivity contribution < 1.29 is 0 Å². The molecule has 0 radical (unpaired) electrons. The number of hydrogen-bond donors (Lipinski definition) is 1. The van der Waals surface area contributed by atoms with Crippen LogP contribution in [0.2, 0.25) is 0 Å². The van der Waals surface area contributed by atoms with Crippen LogP contribution in [0.15, 0.2) is 18.3 Å². The molecule has 0 saturated carbocycles. The topological polar surface area (TPSA) is 42.2 Å². The third-order valence-electron chi connectivity index (χ3n) is 2.67. The van der Waals surface area contributed by atoms with Crippen LogP contribution in [0.1, 0.15) is 37.4 Å². The first-order chi connectivity index (χ1) is 8.13. The Labute approximate surface area is 109 Å². The van der Waals surface area contributed by atoms with Crippen molar-refractivity contribution in [2.45, 2.75) is 32.7 Å². The lowest BCUT2D eigenvalue weighted by Crippen LogP contribution is -2.20. The van der Waals surface area contributed by atoms with Gasteiger partial charge in [-0.3, -0.25) is 4.98 Å². The van der Waals surface area contributed by atoms with Gasteiger partial charge in [-0.15, -0.1) is 0 Å². The molecular weight excluding hydrogens is 230 g/mol. The second-order valence-electron chi connectivity index (χ2n) is 4.36. The van der Waals surface area contributed by atoms with Gasteiger partial charge in [-0.1, -0.05) is 32.0 Å². The highest BCUT2D eigenvalue weighted by atomic mass is 32.1. The van der Waals surface area contributed by atoms with Gasteiger partial charge in [-0.25, -0.2) is 0 Å². The van der Waals surface area contributed by atoms with Crippen molar-refractivity contribution in [1.29, 1.82) is 0 Å². The Morgan fingerprint density at radius 2 is 2.24 bits per heavy atom. The predicted molar refractivity (Wildman–Crippen MR) is 76.0 cm³/mol. The second kappa shape index (κ2) is 7.35. The van der Waals surface area contributed by atoms with Gasteiger partial charge in [0.1, 0.15) is 4.99 Å². The van der Waals surface area contributed by atoms with E-state index in [9.17, 15) is 0 Å². The molecule has 0 amide bonds. The number of rotatable bonds is 7. The summed E-state index contributed by atoms with van der Waals surface area (Å²) in [6, 6.07) is 3.98. The van der Waals surface area contributed by atoms with E-state index < -0.39 is 0 Å².